The monoisotopic (exact) mass is 290 g/mol. The van der Waals surface area contributed by atoms with Crippen molar-refractivity contribution < 1.29 is 14.7 Å². The van der Waals surface area contributed by atoms with Gasteiger partial charge in [0.15, 0.2) is 0 Å². The Labute approximate surface area is 122 Å². The standard InChI is InChI=1S/C14H18N4O3/c19-12(17-11(13(20)21)9-4-5-9)10-3-1-8-18(10)14-15-6-2-7-16-14/h2,6-7,9-11H,1,3-5,8H2,(H,17,19)(H,20,21). The highest BCUT2D eigenvalue weighted by Gasteiger charge is 2.40. The van der Waals surface area contributed by atoms with Crippen LogP contribution in [0.2, 0.25) is 0 Å². The lowest BCUT2D eigenvalue weighted by Crippen LogP contribution is -2.50. The van der Waals surface area contributed by atoms with Crippen LogP contribution in [0.1, 0.15) is 25.7 Å². The van der Waals surface area contributed by atoms with Gasteiger partial charge in [-0.05, 0) is 37.7 Å². The van der Waals surface area contributed by atoms with Gasteiger partial charge >= 0.3 is 5.97 Å². The molecule has 21 heavy (non-hydrogen) atoms. The molecule has 2 aliphatic rings. The second-order valence-electron chi connectivity index (χ2n) is 5.56. The SMILES string of the molecule is O=C(O)C(NC(=O)C1CCCN1c1ncccn1)C1CC1. The molecular weight excluding hydrogens is 272 g/mol. The molecule has 1 aliphatic carbocycles. The van der Waals surface area contributed by atoms with Crippen molar-refractivity contribution >= 4 is 17.8 Å². The number of carboxylic acid groups (broad SMARTS) is 1. The van der Waals surface area contributed by atoms with Crippen LogP contribution >= 0.6 is 0 Å². The van der Waals surface area contributed by atoms with Crippen LogP contribution < -0.4 is 10.2 Å². The van der Waals surface area contributed by atoms with Gasteiger partial charge in [-0.1, -0.05) is 0 Å². The van der Waals surface area contributed by atoms with Crippen LogP contribution in [-0.2, 0) is 9.59 Å². The maximum atomic E-state index is 12.4. The number of nitrogens with one attached hydrogen (secondary N) is 1. The van der Waals surface area contributed by atoms with Crippen LogP contribution in [-0.4, -0.2) is 45.6 Å². The Morgan fingerprint density at radius 3 is 2.62 bits per heavy atom. The highest BCUT2D eigenvalue weighted by Crippen LogP contribution is 2.33. The minimum Gasteiger partial charge on any atom is -0.480 e. The minimum atomic E-state index is -0.952. The molecule has 1 saturated heterocycles. The first-order valence-corrected chi connectivity index (χ1v) is 7.23. The number of aromatic nitrogens is 2. The van der Waals surface area contributed by atoms with Crippen molar-refractivity contribution in [2.45, 2.75) is 37.8 Å². The van der Waals surface area contributed by atoms with E-state index < -0.39 is 12.0 Å². The quantitative estimate of drug-likeness (QED) is 0.816. The number of carbonyl (C=O) groups excluding carboxylic acids is 1. The summed E-state index contributed by atoms with van der Waals surface area (Å²) in [5.74, 6) is -0.590. The fourth-order valence-electron chi connectivity index (χ4n) is 2.78. The van der Waals surface area contributed by atoms with Crippen molar-refractivity contribution in [1.82, 2.24) is 15.3 Å². The number of amides is 1. The Bertz CT molecular complexity index is 532. The van der Waals surface area contributed by atoms with E-state index in [1.807, 2.05) is 4.90 Å². The van der Waals surface area contributed by atoms with Gasteiger partial charge in [-0.2, -0.15) is 0 Å². The Balaban J connectivity index is 1.70. The molecule has 0 spiro atoms. The zero-order valence-electron chi connectivity index (χ0n) is 11.6. The lowest BCUT2D eigenvalue weighted by atomic mass is 10.1. The van der Waals surface area contributed by atoms with Gasteiger partial charge in [0.1, 0.15) is 12.1 Å². The zero-order valence-corrected chi connectivity index (χ0v) is 11.6. The molecular formula is C14H18N4O3. The second-order valence-corrected chi connectivity index (χ2v) is 5.56. The summed E-state index contributed by atoms with van der Waals surface area (Å²) in [5.41, 5.74) is 0. The van der Waals surface area contributed by atoms with Gasteiger partial charge in [0.05, 0.1) is 0 Å². The molecule has 1 aromatic rings. The van der Waals surface area contributed by atoms with E-state index in [1.165, 1.54) is 0 Å². The van der Waals surface area contributed by atoms with Crippen molar-refractivity contribution in [2.75, 3.05) is 11.4 Å². The van der Waals surface area contributed by atoms with Crippen molar-refractivity contribution in [1.29, 1.82) is 0 Å². The predicted octanol–water partition coefficient (Wildman–Crippen LogP) is 0.425. The van der Waals surface area contributed by atoms with E-state index >= 15 is 0 Å². The number of nitrogens with zero attached hydrogens (tertiary/aromatic N) is 3. The van der Waals surface area contributed by atoms with Gasteiger partial charge in [0, 0.05) is 18.9 Å². The molecule has 1 aliphatic heterocycles. The first kappa shape index (κ1) is 13.8. The van der Waals surface area contributed by atoms with Gasteiger partial charge in [0.25, 0.3) is 0 Å². The van der Waals surface area contributed by atoms with Gasteiger partial charge in [-0.25, -0.2) is 14.8 Å². The molecule has 3 rings (SSSR count). The molecule has 1 saturated carbocycles. The van der Waals surface area contributed by atoms with Crippen molar-refractivity contribution in [3.8, 4) is 0 Å². The van der Waals surface area contributed by atoms with E-state index in [0.29, 0.717) is 18.9 Å². The van der Waals surface area contributed by atoms with Gasteiger partial charge in [-0.3, -0.25) is 4.79 Å². The third-order valence-corrected chi connectivity index (χ3v) is 4.02. The van der Waals surface area contributed by atoms with Crippen LogP contribution in [0.5, 0.6) is 0 Å². The molecule has 2 N–H and O–H groups in total. The molecule has 2 atom stereocenters. The highest BCUT2D eigenvalue weighted by molar-refractivity contribution is 5.89. The molecule has 0 aromatic carbocycles. The summed E-state index contributed by atoms with van der Waals surface area (Å²) in [4.78, 5) is 33.8. The molecule has 7 nitrogen and oxygen atoms in total. The van der Waals surface area contributed by atoms with Crippen LogP contribution in [0.4, 0.5) is 5.95 Å². The fraction of sp³-hybridized carbons (Fsp3) is 0.571. The Kier molecular flexibility index (Phi) is 3.72. The molecule has 1 aromatic heterocycles. The summed E-state index contributed by atoms with van der Waals surface area (Å²) in [6.07, 6.45) is 6.58. The van der Waals surface area contributed by atoms with E-state index in [4.69, 9.17) is 0 Å². The first-order valence-electron chi connectivity index (χ1n) is 7.23. The molecule has 1 amide bonds. The molecule has 112 valence electrons. The third kappa shape index (κ3) is 2.96. The molecule has 0 radical (unpaired) electrons. The summed E-state index contributed by atoms with van der Waals surface area (Å²) >= 11 is 0. The second kappa shape index (κ2) is 5.67. The summed E-state index contributed by atoms with van der Waals surface area (Å²) in [6, 6.07) is 0.576. The molecule has 0 bridgehead atoms. The Hall–Kier alpha value is -2.18. The Morgan fingerprint density at radius 1 is 1.29 bits per heavy atom. The molecule has 7 heteroatoms. The maximum absolute atomic E-state index is 12.4. The van der Waals surface area contributed by atoms with Crippen LogP contribution in [0, 0.1) is 5.92 Å². The number of carbonyl (C=O) groups is 2. The number of hydrogen-bond acceptors (Lipinski definition) is 5. The number of carboxylic acids is 1. The topological polar surface area (TPSA) is 95.4 Å². The van der Waals surface area contributed by atoms with E-state index in [9.17, 15) is 14.7 Å². The Morgan fingerprint density at radius 2 is 2.00 bits per heavy atom. The normalized spacial score (nSPS) is 22.9. The van der Waals surface area contributed by atoms with E-state index in [-0.39, 0.29) is 17.9 Å². The van der Waals surface area contributed by atoms with E-state index in [0.717, 1.165) is 19.3 Å². The lowest BCUT2D eigenvalue weighted by Gasteiger charge is -2.25. The number of aliphatic carboxylic acids is 1. The molecule has 2 fully saturated rings. The van der Waals surface area contributed by atoms with Crippen LogP contribution in [0.15, 0.2) is 18.5 Å². The van der Waals surface area contributed by atoms with Crippen LogP contribution in [0.3, 0.4) is 0 Å². The average molecular weight is 290 g/mol. The number of hydrogen-bond donors (Lipinski definition) is 2. The van der Waals surface area contributed by atoms with E-state index in [1.54, 1.807) is 18.5 Å². The summed E-state index contributed by atoms with van der Waals surface area (Å²) < 4.78 is 0. The summed E-state index contributed by atoms with van der Waals surface area (Å²) in [7, 11) is 0. The van der Waals surface area contributed by atoms with Crippen molar-refractivity contribution in [3.63, 3.8) is 0 Å². The third-order valence-electron chi connectivity index (χ3n) is 4.02. The molecule has 2 heterocycles. The van der Waals surface area contributed by atoms with Crippen molar-refractivity contribution in [2.24, 2.45) is 5.92 Å². The smallest absolute Gasteiger partial charge is 0.326 e. The largest absolute Gasteiger partial charge is 0.480 e. The first-order chi connectivity index (χ1) is 10.2. The van der Waals surface area contributed by atoms with Gasteiger partial charge < -0.3 is 15.3 Å². The summed E-state index contributed by atoms with van der Waals surface area (Å²) in [5, 5.41) is 11.9. The minimum absolute atomic E-state index is 0.0780. The molecule has 2 unspecified atom stereocenters. The average Bonchev–Trinajstić information content (AvgIpc) is 3.20. The highest BCUT2D eigenvalue weighted by atomic mass is 16.4. The van der Waals surface area contributed by atoms with E-state index in [2.05, 4.69) is 15.3 Å². The zero-order chi connectivity index (χ0) is 14.8. The van der Waals surface area contributed by atoms with Gasteiger partial charge in [-0.15, -0.1) is 0 Å². The van der Waals surface area contributed by atoms with Crippen molar-refractivity contribution in [3.05, 3.63) is 18.5 Å². The number of rotatable bonds is 5. The lowest BCUT2D eigenvalue weighted by molar-refractivity contribution is -0.142. The number of anilines is 1. The predicted molar refractivity (Wildman–Crippen MR) is 74.7 cm³/mol. The van der Waals surface area contributed by atoms with Crippen LogP contribution in [0.25, 0.3) is 0 Å². The van der Waals surface area contributed by atoms with Gasteiger partial charge in [0.2, 0.25) is 11.9 Å². The maximum Gasteiger partial charge on any atom is 0.326 e. The summed E-state index contributed by atoms with van der Waals surface area (Å²) in [6.45, 7) is 0.712. The fourth-order valence-corrected chi connectivity index (χ4v) is 2.78.